The summed E-state index contributed by atoms with van der Waals surface area (Å²) in [5.41, 5.74) is 0.847. The molecule has 0 aliphatic carbocycles. The van der Waals surface area contributed by atoms with Crippen LogP contribution in [0.4, 0.5) is 0 Å². The third-order valence-electron chi connectivity index (χ3n) is 2.46. The Bertz CT molecular complexity index is 323. The van der Waals surface area contributed by atoms with Crippen LogP contribution in [0.15, 0.2) is 24.3 Å². The van der Waals surface area contributed by atoms with E-state index in [1.165, 1.54) is 0 Å². The molecule has 1 rings (SSSR count). The first-order chi connectivity index (χ1) is 8.15. The summed E-state index contributed by atoms with van der Waals surface area (Å²) in [7, 11) is 0. The maximum Gasteiger partial charge on any atom is 0.125 e. The molecule has 0 saturated heterocycles. The molecule has 1 aromatic rings. The average Bonchev–Trinajstić information content (AvgIpc) is 2.34. The molecular formula is C14H22O3. The fraction of sp³-hybridized carbons (Fsp3) is 0.571. The molecule has 96 valence electrons. The van der Waals surface area contributed by atoms with Crippen LogP contribution in [-0.4, -0.2) is 24.4 Å². The summed E-state index contributed by atoms with van der Waals surface area (Å²) in [6.45, 7) is 7.01. The van der Waals surface area contributed by atoms with Crippen molar-refractivity contribution in [1.29, 1.82) is 0 Å². The van der Waals surface area contributed by atoms with Crippen molar-refractivity contribution < 1.29 is 14.6 Å². The maximum absolute atomic E-state index is 9.84. The standard InChI is InChI=1S/C14H22O3/c1-4-13(15)12-7-5-6-8-14(12)17-10-9-16-11(2)3/h5-8,11,13,15H,4,9-10H2,1-3H3. The number of aliphatic hydroxyl groups excluding tert-OH is 1. The van der Waals surface area contributed by atoms with Gasteiger partial charge < -0.3 is 14.6 Å². The van der Waals surface area contributed by atoms with Gasteiger partial charge in [-0.25, -0.2) is 0 Å². The lowest BCUT2D eigenvalue weighted by Crippen LogP contribution is -2.12. The van der Waals surface area contributed by atoms with Crippen LogP contribution >= 0.6 is 0 Å². The van der Waals surface area contributed by atoms with Crippen molar-refractivity contribution in [2.75, 3.05) is 13.2 Å². The lowest BCUT2D eigenvalue weighted by Gasteiger charge is -2.15. The largest absolute Gasteiger partial charge is 0.491 e. The molecule has 0 spiro atoms. The molecule has 3 nitrogen and oxygen atoms in total. The van der Waals surface area contributed by atoms with Gasteiger partial charge in [0.05, 0.1) is 18.8 Å². The Balaban J connectivity index is 2.52. The monoisotopic (exact) mass is 238 g/mol. The van der Waals surface area contributed by atoms with E-state index in [9.17, 15) is 5.11 Å². The molecule has 0 aliphatic heterocycles. The van der Waals surface area contributed by atoms with Crippen molar-refractivity contribution in [2.24, 2.45) is 0 Å². The first-order valence-corrected chi connectivity index (χ1v) is 6.16. The molecule has 1 aromatic carbocycles. The van der Waals surface area contributed by atoms with Crippen LogP contribution in [0.25, 0.3) is 0 Å². The molecule has 0 aliphatic rings. The van der Waals surface area contributed by atoms with Gasteiger partial charge in [-0.05, 0) is 26.3 Å². The average molecular weight is 238 g/mol. The van der Waals surface area contributed by atoms with Crippen LogP contribution in [0.1, 0.15) is 38.9 Å². The maximum atomic E-state index is 9.84. The Hall–Kier alpha value is -1.06. The van der Waals surface area contributed by atoms with E-state index in [0.29, 0.717) is 19.6 Å². The van der Waals surface area contributed by atoms with Gasteiger partial charge in [0.25, 0.3) is 0 Å². The zero-order valence-electron chi connectivity index (χ0n) is 10.8. The quantitative estimate of drug-likeness (QED) is 0.742. The minimum atomic E-state index is -0.461. The van der Waals surface area contributed by atoms with E-state index in [1.54, 1.807) is 0 Å². The van der Waals surface area contributed by atoms with E-state index < -0.39 is 6.10 Å². The molecule has 0 radical (unpaired) electrons. The first kappa shape index (κ1) is 14.0. The molecule has 0 amide bonds. The zero-order valence-corrected chi connectivity index (χ0v) is 10.8. The van der Waals surface area contributed by atoms with Gasteiger partial charge in [0, 0.05) is 5.56 Å². The van der Waals surface area contributed by atoms with E-state index in [1.807, 2.05) is 45.0 Å². The molecule has 0 bridgehead atoms. The molecule has 3 heteroatoms. The molecule has 0 heterocycles. The number of aliphatic hydroxyl groups is 1. The van der Waals surface area contributed by atoms with Gasteiger partial charge in [0.15, 0.2) is 0 Å². The highest BCUT2D eigenvalue weighted by molar-refractivity contribution is 5.34. The third kappa shape index (κ3) is 4.75. The zero-order chi connectivity index (χ0) is 12.7. The topological polar surface area (TPSA) is 38.7 Å². The second-order valence-electron chi connectivity index (χ2n) is 4.23. The summed E-state index contributed by atoms with van der Waals surface area (Å²) < 4.78 is 11.0. The number of para-hydroxylation sites is 1. The van der Waals surface area contributed by atoms with Gasteiger partial charge in [0.1, 0.15) is 12.4 Å². The predicted octanol–water partition coefficient (Wildman–Crippen LogP) is 2.93. The van der Waals surface area contributed by atoms with E-state index >= 15 is 0 Å². The highest BCUT2D eigenvalue weighted by Gasteiger charge is 2.10. The van der Waals surface area contributed by atoms with Gasteiger partial charge in [-0.2, -0.15) is 0 Å². The van der Waals surface area contributed by atoms with Gasteiger partial charge in [-0.3, -0.25) is 0 Å². The van der Waals surface area contributed by atoms with Crippen molar-refractivity contribution in [3.63, 3.8) is 0 Å². The highest BCUT2D eigenvalue weighted by atomic mass is 16.5. The predicted molar refractivity (Wildman–Crippen MR) is 68.3 cm³/mol. The lowest BCUT2D eigenvalue weighted by molar-refractivity contribution is 0.0542. The fourth-order valence-corrected chi connectivity index (χ4v) is 1.54. The second kappa shape index (κ2) is 7.30. The Kier molecular flexibility index (Phi) is 6.01. The number of rotatable bonds is 7. The third-order valence-corrected chi connectivity index (χ3v) is 2.46. The van der Waals surface area contributed by atoms with Crippen LogP contribution in [-0.2, 0) is 4.74 Å². The normalized spacial score (nSPS) is 12.8. The molecule has 0 saturated carbocycles. The van der Waals surface area contributed by atoms with Gasteiger partial charge >= 0.3 is 0 Å². The van der Waals surface area contributed by atoms with Crippen LogP contribution in [0.5, 0.6) is 5.75 Å². The van der Waals surface area contributed by atoms with E-state index in [4.69, 9.17) is 9.47 Å². The van der Waals surface area contributed by atoms with Crippen LogP contribution in [0, 0.1) is 0 Å². The fourth-order valence-electron chi connectivity index (χ4n) is 1.54. The van der Waals surface area contributed by atoms with Crippen LogP contribution in [0.2, 0.25) is 0 Å². The van der Waals surface area contributed by atoms with E-state index in [-0.39, 0.29) is 6.10 Å². The SMILES string of the molecule is CCC(O)c1ccccc1OCCOC(C)C. The van der Waals surface area contributed by atoms with E-state index in [2.05, 4.69) is 0 Å². The summed E-state index contributed by atoms with van der Waals surface area (Å²) >= 11 is 0. The Morgan fingerprint density at radius 2 is 1.88 bits per heavy atom. The highest BCUT2D eigenvalue weighted by Crippen LogP contribution is 2.26. The number of benzene rings is 1. The van der Waals surface area contributed by atoms with Crippen LogP contribution < -0.4 is 4.74 Å². The van der Waals surface area contributed by atoms with Crippen molar-refractivity contribution in [1.82, 2.24) is 0 Å². The number of hydrogen-bond acceptors (Lipinski definition) is 3. The Labute approximate surface area is 103 Å². The molecule has 1 atom stereocenters. The summed E-state index contributed by atoms with van der Waals surface area (Å²) in [6.07, 6.45) is 0.440. The van der Waals surface area contributed by atoms with Gasteiger partial charge in [-0.15, -0.1) is 0 Å². The summed E-state index contributed by atoms with van der Waals surface area (Å²) in [4.78, 5) is 0. The summed E-state index contributed by atoms with van der Waals surface area (Å²) in [5.74, 6) is 0.745. The summed E-state index contributed by atoms with van der Waals surface area (Å²) in [5, 5.41) is 9.84. The Morgan fingerprint density at radius 1 is 1.18 bits per heavy atom. The number of hydrogen-bond donors (Lipinski definition) is 1. The molecule has 17 heavy (non-hydrogen) atoms. The minimum absolute atomic E-state index is 0.218. The molecule has 0 aromatic heterocycles. The molecule has 1 N–H and O–H groups in total. The molecular weight excluding hydrogens is 216 g/mol. The van der Waals surface area contributed by atoms with Gasteiger partial charge in [-0.1, -0.05) is 25.1 Å². The lowest BCUT2D eigenvalue weighted by atomic mass is 10.1. The first-order valence-electron chi connectivity index (χ1n) is 6.16. The van der Waals surface area contributed by atoms with Crippen molar-refractivity contribution in [2.45, 2.75) is 39.4 Å². The second-order valence-corrected chi connectivity index (χ2v) is 4.23. The van der Waals surface area contributed by atoms with Crippen LogP contribution in [0.3, 0.4) is 0 Å². The van der Waals surface area contributed by atoms with Gasteiger partial charge in [0.2, 0.25) is 0 Å². The van der Waals surface area contributed by atoms with E-state index in [0.717, 1.165) is 11.3 Å². The molecule has 1 unspecified atom stereocenters. The van der Waals surface area contributed by atoms with Crippen molar-refractivity contribution in [3.05, 3.63) is 29.8 Å². The molecule has 0 fully saturated rings. The number of ether oxygens (including phenoxy) is 2. The van der Waals surface area contributed by atoms with Crippen molar-refractivity contribution in [3.8, 4) is 5.75 Å². The smallest absolute Gasteiger partial charge is 0.125 e. The minimum Gasteiger partial charge on any atom is -0.491 e. The summed E-state index contributed by atoms with van der Waals surface area (Å²) in [6, 6.07) is 7.59. The Morgan fingerprint density at radius 3 is 2.53 bits per heavy atom. The van der Waals surface area contributed by atoms with Crippen molar-refractivity contribution >= 4 is 0 Å².